The molecule has 3 rings (SSSR count). The molecule has 3 aromatic carbocycles. The van der Waals surface area contributed by atoms with Gasteiger partial charge in [0.1, 0.15) is 6.54 Å². The minimum atomic E-state index is -4.79. The Morgan fingerprint density at radius 3 is 2.24 bits per heavy atom. The monoisotopic (exact) mass is 567 g/mol. The van der Waals surface area contributed by atoms with Crippen molar-refractivity contribution in [2.24, 2.45) is 5.92 Å². The largest absolute Gasteiger partial charge is 0.416 e. The fourth-order valence-corrected chi connectivity index (χ4v) is 5.12. The van der Waals surface area contributed by atoms with Crippen LogP contribution in [0.1, 0.15) is 29.8 Å². The highest BCUT2D eigenvalue weighted by atomic mass is 35.5. The van der Waals surface area contributed by atoms with Crippen molar-refractivity contribution in [3.8, 4) is 0 Å². The highest BCUT2D eigenvalue weighted by molar-refractivity contribution is 7.92. The normalized spacial score (nSPS) is 11.8. The summed E-state index contributed by atoms with van der Waals surface area (Å²) in [4.78, 5) is 25.5. The van der Waals surface area contributed by atoms with Crippen LogP contribution in [0.5, 0.6) is 0 Å². The van der Waals surface area contributed by atoms with E-state index in [1.807, 2.05) is 13.8 Å². The van der Waals surface area contributed by atoms with Gasteiger partial charge in [0, 0.05) is 6.54 Å². The SMILES string of the molecule is CC(C)CNC(=O)c1ccccc1NC(=O)CN(c1cc(C(F)(F)F)ccc1Cl)S(=O)(=O)c1ccccc1. The van der Waals surface area contributed by atoms with Crippen LogP contribution in [0.25, 0.3) is 0 Å². The third kappa shape index (κ3) is 7.05. The molecule has 38 heavy (non-hydrogen) atoms. The molecular formula is C26H25ClF3N3O4S. The number of nitrogens with zero attached hydrogens (tertiary/aromatic N) is 1. The molecule has 0 saturated carbocycles. The number of rotatable bonds is 9. The molecule has 12 heteroatoms. The number of sulfonamides is 1. The molecule has 0 aliphatic carbocycles. The summed E-state index contributed by atoms with van der Waals surface area (Å²) in [5.74, 6) is -1.18. The quantitative estimate of drug-likeness (QED) is 0.353. The van der Waals surface area contributed by atoms with Crippen LogP contribution in [0.4, 0.5) is 24.5 Å². The van der Waals surface area contributed by atoms with Crippen molar-refractivity contribution < 1.29 is 31.2 Å². The van der Waals surface area contributed by atoms with Crippen molar-refractivity contribution in [1.29, 1.82) is 0 Å². The topological polar surface area (TPSA) is 95.6 Å². The number of benzene rings is 3. The van der Waals surface area contributed by atoms with Crippen molar-refractivity contribution in [2.75, 3.05) is 22.7 Å². The summed E-state index contributed by atoms with van der Waals surface area (Å²) in [5, 5.41) is 4.92. The maximum absolute atomic E-state index is 13.5. The highest BCUT2D eigenvalue weighted by Crippen LogP contribution is 2.37. The second-order valence-corrected chi connectivity index (χ2v) is 11.0. The molecule has 0 saturated heterocycles. The van der Waals surface area contributed by atoms with Gasteiger partial charge in [0.05, 0.1) is 32.4 Å². The zero-order valence-corrected chi connectivity index (χ0v) is 22.0. The number of anilines is 2. The molecule has 0 aliphatic heterocycles. The first-order valence-corrected chi connectivity index (χ1v) is 13.2. The molecule has 0 atom stereocenters. The molecule has 0 bridgehead atoms. The van der Waals surface area contributed by atoms with Gasteiger partial charge in [0.15, 0.2) is 0 Å². The van der Waals surface area contributed by atoms with Crippen LogP contribution in [0.15, 0.2) is 77.7 Å². The maximum atomic E-state index is 13.5. The molecule has 0 heterocycles. The lowest BCUT2D eigenvalue weighted by atomic mass is 10.1. The van der Waals surface area contributed by atoms with Gasteiger partial charge in [0.25, 0.3) is 15.9 Å². The van der Waals surface area contributed by atoms with Gasteiger partial charge in [-0.3, -0.25) is 13.9 Å². The molecule has 0 spiro atoms. The molecule has 0 fully saturated rings. The number of halogens is 4. The van der Waals surface area contributed by atoms with E-state index < -0.39 is 45.8 Å². The van der Waals surface area contributed by atoms with E-state index in [9.17, 15) is 31.2 Å². The van der Waals surface area contributed by atoms with E-state index in [4.69, 9.17) is 11.6 Å². The van der Waals surface area contributed by atoms with Gasteiger partial charge >= 0.3 is 6.18 Å². The number of carbonyl (C=O) groups is 2. The van der Waals surface area contributed by atoms with Gasteiger partial charge in [-0.1, -0.05) is 55.8 Å². The average Bonchev–Trinajstić information content (AvgIpc) is 2.86. The van der Waals surface area contributed by atoms with Crippen molar-refractivity contribution >= 4 is 44.8 Å². The summed E-state index contributed by atoms with van der Waals surface area (Å²) in [7, 11) is -4.53. The van der Waals surface area contributed by atoms with E-state index in [0.717, 1.165) is 6.07 Å². The van der Waals surface area contributed by atoms with Crippen molar-refractivity contribution in [1.82, 2.24) is 5.32 Å². The van der Waals surface area contributed by atoms with E-state index in [1.165, 1.54) is 36.4 Å². The molecule has 0 aromatic heterocycles. The Kier molecular flexibility index (Phi) is 9.05. The van der Waals surface area contributed by atoms with Crippen LogP contribution >= 0.6 is 11.6 Å². The summed E-state index contributed by atoms with van der Waals surface area (Å²) < 4.78 is 67.8. The molecule has 2 amide bonds. The Morgan fingerprint density at radius 1 is 0.974 bits per heavy atom. The molecule has 7 nitrogen and oxygen atoms in total. The Hall–Kier alpha value is -3.57. The lowest BCUT2D eigenvalue weighted by Crippen LogP contribution is -2.39. The zero-order chi connectivity index (χ0) is 28.1. The summed E-state index contributed by atoms with van der Waals surface area (Å²) in [6.07, 6.45) is -4.79. The lowest BCUT2D eigenvalue weighted by Gasteiger charge is -2.26. The van der Waals surface area contributed by atoms with Gasteiger partial charge in [-0.2, -0.15) is 13.2 Å². The molecule has 202 valence electrons. The standard InChI is InChI=1S/C26H25ClF3N3O4S/c1-17(2)15-31-25(35)20-10-6-7-11-22(20)32-24(34)16-33(38(36,37)19-8-4-3-5-9-19)23-14-18(26(28,29)30)12-13-21(23)27/h3-14,17H,15-16H2,1-2H3,(H,31,35)(H,32,34). The molecule has 2 N–H and O–H groups in total. The van der Waals surface area contributed by atoms with Crippen molar-refractivity contribution in [2.45, 2.75) is 24.9 Å². The van der Waals surface area contributed by atoms with Gasteiger partial charge in [-0.05, 0) is 48.4 Å². The van der Waals surface area contributed by atoms with Crippen LogP contribution < -0.4 is 14.9 Å². The minimum Gasteiger partial charge on any atom is -0.352 e. The first-order valence-electron chi connectivity index (χ1n) is 11.4. The van der Waals surface area contributed by atoms with Crippen molar-refractivity contribution in [3.05, 3.63) is 88.9 Å². The number of hydrogen-bond acceptors (Lipinski definition) is 4. The number of alkyl halides is 3. The third-order valence-corrected chi connectivity index (χ3v) is 7.37. The summed E-state index contributed by atoms with van der Waals surface area (Å²) in [6, 6.07) is 15.2. The second kappa shape index (κ2) is 11.9. The predicted octanol–water partition coefficient (Wildman–Crippen LogP) is 5.58. The molecule has 0 unspecified atom stereocenters. The molecule has 0 radical (unpaired) electrons. The van der Waals surface area contributed by atoms with Crippen LogP contribution in [0, 0.1) is 5.92 Å². The molecule has 3 aromatic rings. The number of hydrogen-bond donors (Lipinski definition) is 2. The van der Waals surface area contributed by atoms with Crippen LogP contribution in [0.2, 0.25) is 5.02 Å². The fourth-order valence-electron chi connectivity index (χ4n) is 3.40. The van der Waals surface area contributed by atoms with Gasteiger partial charge < -0.3 is 10.6 Å². The molecular weight excluding hydrogens is 543 g/mol. The van der Waals surface area contributed by atoms with Crippen molar-refractivity contribution in [3.63, 3.8) is 0 Å². The van der Waals surface area contributed by atoms with Gasteiger partial charge in [-0.15, -0.1) is 0 Å². The molecule has 0 aliphatic rings. The Bertz CT molecular complexity index is 1410. The predicted molar refractivity (Wildman–Crippen MR) is 140 cm³/mol. The van der Waals surface area contributed by atoms with E-state index in [1.54, 1.807) is 18.2 Å². The van der Waals surface area contributed by atoms with Crippen LogP contribution in [-0.2, 0) is 21.0 Å². The number of amides is 2. The smallest absolute Gasteiger partial charge is 0.352 e. The summed E-state index contributed by atoms with van der Waals surface area (Å²) >= 11 is 6.15. The van der Waals surface area contributed by atoms with Crippen LogP contribution in [-0.4, -0.2) is 33.3 Å². The van der Waals surface area contributed by atoms with Gasteiger partial charge in [-0.25, -0.2) is 8.42 Å². The van der Waals surface area contributed by atoms with E-state index >= 15 is 0 Å². The summed E-state index contributed by atoms with van der Waals surface area (Å²) in [6.45, 7) is 3.29. The second-order valence-electron chi connectivity index (χ2n) is 8.69. The highest BCUT2D eigenvalue weighted by Gasteiger charge is 2.34. The Labute approximate surface area is 223 Å². The Balaban J connectivity index is 2.00. The maximum Gasteiger partial charge on any atom is 0.416 e. The van der Waals surface area contributed by atoms with Gasteiger partial charge in [0.2, 0.25) is 5.91 Å². The number of para-hydroxylation sites is 1. The average molecular weight is 568 g/mol. The third-order valence-electron chi connectivity index (χ3n) is 5.28. The Morgan fingerprint density at radius 2 is 1.61 bits per heavy atom. The minimum absolute atomic E-state index is 0.103. The number of carbonyl (C=O) groups excluding carboxylic acids is 2. The van der Waals surface area contributed by atoms with E-state index in [-0.39, 0.29) is 27.1 Å². The lowest BCUT2D eigenvalue weighted by molar-refractivity contribution is -0.137. The first kappa shape index (κ1) is 29.0. The zero-order valence-electron chi connectivity index (χ0n) is 20.4. The van der Waals surface area contributed by atoms with E-state index in [0.29, 0.717) is 23.0 Å². The first-order chi connectivity index (χ1) is 17.8. The fraction of sp³-hybridized carbons (Fsp3) is 0.231. The number of nitrogens with one attached hydrogen (secondary N) is 2. The summed E-state index contributed by atoms with van der Waals surface area (Å²) in [5.41, 5.74) is -1.43. The van der Waals surface area contributed by atoms with Crippen LogP contribution in [0.3, 0.4) is 0 Å². The van der Waals surface area contributed by atoms with E-state index in [2.05, 4.69) is 10.6 Å².